The molecule has 0 radical (unpaired) electrons. The highest BCUT2D eigenvalue weighted by Crippen LogP contribution is 2.25. The number of rotatable bonds is 6. The molecule has 0 spiro atoms. The first-order chi connectivity index (χ1) is 13.4. The van der Waals surface area contributed by atoms with E-state index in [1.54, 1.807) is 18.2 Å². The topological polar surface area (TPSA) is 68.3 Å². The van der Waals surface area contributed by atoms with E-state index in [4.69, 9.17) is 39.5 Å². The highest BCUT2D eigenvalue weighted by molar-refractivity contribution is 7.13. The largest absolute Gasteiger partial charge is 0.458 e. The van der Waals surface area contributed by atoms with E-state index in [0.717, 1.165) is 10.6 Å². The first-order valence-corrected chi connectivity index (χ1v) is 10.0. The SMILES string of the molecule is O=C(CNC(=O)c1ccc(Cl)cc1Cl)OCc1csc(-c2ccc(Cl)cc2)n1. The lowest BCUT2D eigenvalue weighted by Gasteiger charge is -2.07. The van der Waals surface area contributed by atoms with Crippen molar-refractivity contribution < 1.29 is 14.3 Å². The number of benzene rings is 2. The quantitative estimate of drug-likeness (QED) is 0.516. The molecule has 0 bridgehead atoms. The molecule has 1 heterocycles. The number of nitrogens with zero attached hydrogens (tertiary/aromatic N) is 1. The first-order valence-electron chi connectivity index (χ1n) is 8.01. The van der Waals surface area contributed by atoms with Gasteiger partial charge in [0.05, 0.1) is 16.3 Å². The molecule has 5 nitrogen and oxygen atoms in total. The lowest BCUT2D eigenvalue weighted by Crippen LogP contribution is -2.30. The first kappa shape index (κ1) is 20.6. The van der Waals surface area contributed by atoms with Crippen LogP contribution in [0.3, 0.4) is 0 Å². The number of carbonyl (C=O) groups excluding carboxylic acids is 2. The van der Waals surface area contributed by atoms with Crippen molar-refractivity contribution in [3.63, 3.8) is 0 Å². The molecule has 0 aliphatic rings. The summed E-state index contributed by atoms with van der Waals surface area (Å²) in [6, 6.07) is 11.8. The summed E-state index contributed by atoms with van der Waals surface area (Å²) in [5.74, 6) is -1.07. The molecule has 0 atom stereocenters. The molecule has 1 amide bonds. The molecule has 0 fully saturated rings. The lowest BCUT2D eigenvalue weighted by atomic mass is 10.2. The predicted octanol–water partition coefficient (Wildman–Crippen LogP) is 5.24. The predicted molar refractivity (Wildman–Crippen MR) is 111 cm³/mol. The molecule has 0 unspecified atom stereocenters. The fourth-order valence-electron chi connectivity index (χ4n) is 2.23. The third kappa shape index (κ3) is 5.45. The zero-order chi connectivity index (χ0) is 20.1. The van der Waals surface area contributed by atoms with E-state index < -0.39 is 11.9 Å². The molecule has 9 heteroatoms. The van der Waals surface area contributed by atoms with E-state index in [0.29, 0.717) is 15.7 Å². The summed E-state index contributed by atoms with van der Waals surface area (Å²) in [6.07, 6.45) is 0. The van der Waals surface area contributed by atoms with Crippen molar-refractivity contribution in [2.45, 2.75) is 6.61 Å². The summed E-state index contributed by atoms with van der Waals surface area (Å²) < 4.78 is 5.15. The van der Waals surface area contributed by atoms with Crippen molar-refractivity contribution in [1.82, 2.24) is 10.3 Å². The van der Waals surface area contributed by atoms with Crippen LogP contribution >= 0.6 is 46.1 Å². The Hall–Kier alpha value is -2.12. The maximum Gasteiger partial charge on any atom is 0.325 e. The van der Waals surface area contributed by atoms with Gasteiger partial charge in [-0.25, -0.2) is 4.98 Å². The number of thiazole rings is 1. The van der Waals surface area contributed by atoms with Gasteiger partial charge in [0.1, 0.15) is 18.2 Å². The zero-order valence-corrected chi connectivity index (χ0v) is 17.3. The highest BCUT2D eigenvalue weighted by atomic mass is 35.5. The number of esters is 1. The van der Waals surface area contributed by atoms with Gasteiger partial charge in [-0.2, -0.15) is 0 Å². The van der Waals surface area contributed by atoms with E-state index in [-0.39, 0.29) is 23.7 Å². The lowest BCUT2D eigenvalue weighted by molar-refractivity contribution is -0.143. The summed E-state index contributed by atoms with van der Waals surface area (Å²) in [5, 5.41) is 6.34. The van der Waals surface area contributed by atoms with Crippen LogP contribution in [-0.4, -0.2) is 23.4 Å². The minimum absolute atomic E-state index is 0.0144. The minimum Gasteiger partial charge on any atom is -0.458 e. The summed E-state index contributed by atoms with van der Waals surface area (Å²) in [7, 11) is 0. The van der Waals surface area contributed by atoms with E-state index in [2.05, 4.69) is 10.3 Å². The van der Waals surface area contributed by atoms with Gasteiger partial charge in [0, 0.05) is 21.0 Å². The summed E-state index contributed by atoms with van der Waals surface area (Å²) in [4.78, 5) is 28.4. The third-order valence-corrected chi connectivity index (χ3v) is 5.33. The van der Waals surface area contributed by atoms with Gasteiger partial charge in [-0.05, 0) is 30.3 Å². The fourth-order valence-corrected chi connectivity index (χ4v) is 3.66. The van der Waals surface area contributed by atoms with Crippen molar-refractivity contribution in [1.29, 1.82) is 0 Å². The Morgan fingerprint density at radius 1 is 1.04 bits per heavy atom. The molecule has 0 aliphatic carbocycles. The van der Waals surface area contributed by atoms with Gasteiger partial charge in [-0.15, -0.1) is 11.3 Å². The maximum absolute atomic E-state index is 12.1. The Labute approximate surface area is 180 Å². The van der Waals surface area contributed by atoms with Gasteiger partial charge in [0.2, 0.25) is 0 Å². The molecule has 3 aromatic rings. The number of halogens is 3. The Morgan fingerprint density at radius 2 is 1.75 bits per heavy atom. The van der Waals surface area contributed by atoms with Crippen molar-refractivity contribution in [3.8, 4) is 10.6 Å². The van der Waals surface area contributed by atoms with E-state index in [9.17, 15) is 9.59 Å². The standard InChI is InChI=1S/C19H13Cl3N2O3S/c20-12-3-1-11(2-4-12)19-24-14(10-28-19)9-27-17(25)8-23-18(26)15-6-5-13(21)7-16(15)22/h1-7,10H,8-9H2,(H,23,26). The van der Waals surface area contributed by atoms with Crippen LogP contribution in [0.2, 0.25) is 15.1 Å². The normalized spacial score (nSPS) is 10.5. The minimum atomic E-state index is -0.584. The Bertz CT molecular complexity index is 1010. The van der Waals surface area contributed by atoms with E-state index in [1.165, 1.54) is 23.5 Å². The molecule has 1 aromatic heterocycles. The van der Waals surface area contributed by atoms with Crippen LogP contribution in [0.25, 0.3) is 10.6 Å². The maximum atomic E-state index is 12.1. The van der Waals surface area contributed by atoms with Crippen LogP contribution in [0.4, 0.5) is 0 Å². The molecule has 1 N–H and O–H groups in total. The van der Waals surface area contributed by atoms with Crippen LogP contribution in [0.5, 0.6) is 0 Å². The zero-order valence-electron chi connectivity index (χ0n) is 14.2. The number of ether oxygens (including phenoxy) is 1. The molecule has 0 aliphatic heterocycles. The number of hydrogen-bond acceptors (Lipinski definition) is 5. The fraction of sp³-hybridized carbons (Fsp3) is 0.105. The van der Waals surface area contributed by atoms with Gasteiger partial charge >= 0.3 is 5.97 Å². The second-order valence-electron chi connectivity index (χ2n) is 5.62. The number of carbonyl (C=O) groups is 2. The van der Waals surface area contributed by atoms with Gasteiger partial charge in [-0.3, -0.25) is 9.59 Å². The molecular formula is C19H13Cl3N2O3S. The van der Waals surface area contributed by atoms with Crippen molar-refractivity contribution in [3.05, 3.63) is 74.2 Å². The molecule has 28 heavy (non-hydrogen) atoms. The average Bonchev–Trinajstić information content (AvgIpc) is 3.14. The molecular weight excluding hydrogens is 443 g/mol. The van der Waals surface area contributed by atoms with Crippen molar-refractivity contribution >= 4 is 58.0 Å². The Balaban J connectivity index is 1.49. The van der Waals surface area contributed by atoms with Gasteiger partial charge in [0.25, 0.3) is 5.91 Å². The highest BCUT2D eigenvalue weighted by Gasteiger charge is 2.13. The second-order valence-corrected chi connectivity index (χ2v) is 7.76. The smallest absolute Gasteiger partial charge is 0.325 e. The summed E-state index contributed by atoms with van der Waals surface area (Å²) >= 11 is 19.1. The number of hydrogen-bond donors (Lipinski definition) is 1. The molecule has 3 rings (SSSR count). The van der Waals surface area contributed by atoms with Crippen molar-refractivity contribution in [2.75, 3.05) is 6.54 Å². The van der Waals surface area contributed by atoms with Crippen LogP contribution in [0.15, 0.2) is 47.8 Å². The number of nitrogens with one attached hydrogen (secondary N) is 1. The summed E-state index contributed by atoms with van der Waals surface area (Å²) in [6.45, 7) is -0.271. The molecule has 144 valence electrons. The van der Waals surface area contributed by atoms with Gasteiger partial charge in [-0.1, -0.05) is 46.9 Å². The Kier molecular flexibility index (Phi) is 6.91. The van der Waals surface area contributed by atoms with E-state index in [1.807, 2.05) is 17.5 Å². The van der Waals surface area contributed by atoms with Crippen LogP contribution in [0.1, 0.15) is 16.1 Å². The summed E-state index contributed by atoms with van der Waals surface area (Å²) in [5.41, 5.74) is 1.78. The third-order valence-electron chi connectivity index (χ3n) is 3.59. The average molecular weight is 456 g/mol. The second kappa shape index (κ2) is 9.39. The van der Waals surface area contributed by atoms with Crippen molar-refractivity contribution in [2.24, 2.45) is 0 Å². The molecule has 0 saturated carbocycles. The Morgan fingerprint density at radius 3 is 2.46 bits per heavy atom. The number of aromatic nitrogens is 1. The number of amides is 1. The van der Waals surface area contributed by atoms with Crippen LogP contribution in [0, 0.1) is 0 Å². The van der Waals surface area contributed by atoms with Gasteiger partial charge in [0.15, 0.2) is 0 Å². The molecule has 2 aromatic carbocycles. The monoisotopic (exact) mass is 454 g/mol. The van der Waals surface area contributed by atoms with Gasteiger partial charge < -0.3 is 10.1 Å². The van der Waals surface area contributed by atoms with Crippen LogP contribution < -0.4 is 5.32 Å². The van der Waals surface area contributed by atoms with E-state index >= 15 is 0 Å². The van der Waals surface area contributed by atoms with Crippen LogP contribution in [-0.2, 0) is 16.1 Å². The molecule has 0 saturated heterocycles.